The standard InChI is InChI=1S/C16H20F2N2O3S/c1-23-15(21)11-8-14(13(18)9-12(11)17)20-16(22)19-6-7-24-10-4-2-3-5-10/h8-10H,2-7H2,1H3,(H2,19,20,22). The van der Waals surface area contributed by atoms with E-state index in [9.17, 15) is 18.4 Å². The molecule has 24 heavy (non-hydrogen) atoms. The normalized spacial score (nSPS) is 14.5. The fraction of sp³-hybridized carbons (Fsp3) is 0.500. The molecule has 1 aromatic rings. The lowest BCUT2D eigenvalue weighted by Crippen LogP contribution is -2.31. The quantitative estimate of drug-likeness (QED) is 0.603. The van der Waals surface area contributed by atoms with Gasteiger partial charge in [-0.1, -0.05) is 12.8 Å². The Balaban J connectivity index is 1.85. The van der Waals surface area contributed by atoms with E-state index in [0.29, 0.717) is 17.9 Å². The van der Waals surface area contributed by atoms with Gasteiger partial charge in [0.25, 0.3) is 0 Å². The van der Waals surface area contributed by atoms with Crippen molar-refractivity contribution in [3.8, 4) is 0 Å². The van der Waals surface area contributed by atoms with Crippen molar-refractivity contribution < 1.29 is 23.1 Å². The van der Waals surface area contributed by atoms with Gasteiger partial charge >= 0.3 is 12.0 Å². The van der Waals surface area contributed by atoms with Crippen LogP contribution in [0.25, 0.3) is 0 Å². The summed E-state index contributed by atoms with van der Waals surface area (Å²) in [6, 6.07) is 0.851. The van der Waals surface area contributed by atoms with E-state index in [0.717, 1.165) is 18.9 Å². The first-order valence-electron chi connectivity index (χ1n) is 7.75. The molecule has 0 radical (unpaired) electrons. The number of amides is 2. The molecule has 2 N–H and O–H groups in total. The molecule has 8 heteroatoms. The van der Waals surface area contributed by atoms with Crippen molar-refractivity contribution in [3.63, 3.8) is 0 Å². The summed E-state index contributed by atoms with van der Waals surface area (Å²) in [6.45, 7) is 0.444. The SMILES string of the molecule is COC(=O)c1cc(NC(=O)NCCSC2CCCC2)c(F)cc1F. The van der Waals surface area contributed by atoms with E-state index in [2.05, 4.69) is 15.4 Å². The second kappa shape index (κ2) is 8.86. The predicted molar refractivity (Wildman–Crippen MR) is 89.4 cm³/mol. The van der Waals surface area contributed by atoms with Crippen LogP contribution in [0.3, 0.4) is 0 Å². The highest BCUT2D eigenvalue weighted by Crippen LogP contribution is 2.28. The zero-order chi connectivity index (χ0) is 17.5. The minimum atomic E-state index is -1.04. The number of benzene rings is 1. The zero-order valence-corrected chi connectivity index (χ0v) is 14.2. The van der Waals surface area contributed by atoms with Gasteiger partial charge in [0.1, 0.15) is 11.6 Å². The molecule has 132 valence electrons. The number of hydrogen-bond acceptors (Lipinski definition) is 4. The maximum absolute atomic E-state index is 13.7. The van der Waals surface area contributed by atoms with Gasteiger partial charge in [-0.15, -0.1) is 0 Å². The lowest BCUT2D eigenvalue weighted by Gasteiger charge is -2.11. The molecule has 0 unspecified atom stereocenters. The Hall–Kier alpha value is -1.83. The third-order valence-electron chi connectivity index (χ3n) is 3.75. The number of anilines is 1. The van der Waals surface area contributed by atoms with E-state index in [1.165, 1.54) is 25.7 Å². The molecule has 1 aliphatic rings. The van der Waals surface area contributed by atoms with Gasteiger partial charge < -0.3 is 15.4 Å². The molecule has 0 aliphatic heterocycles. The largest absolute Gasteiger partial charge is 0.465 e. The van der Waals surface area contributed by atoms with Gasteiger partial charge in [0.2, 0.25) is 0 Å². The number of urea groups is 1. The number of hydrogen-bond donors (Lipinski definition) is 2. The number of nitrogens with one attached hydrogen (secondary N) is 2. The van der Waals surface area contributed by atoms with E-state index in [-0.39, 0.29) is 5.69 Å². The van der Waals surface area contributed by atoms with Crippen molar-refractivity contribution in [3.05, 3.63) is 29.3 Å². The molecule has 1 fully saturated rings. The number of carbonyl (C=O) groups excluding carboxylic acids is 2. The highest BCUT2D eigenvalue weighted by molar-refractivity contribution is 7.99. The highest BCUT2D eigenvalue weighted by atomic mass is 32.2. The molecule has 0 bridgehead atoms. The second-order valence-corrected chi connectivity index (χ2v) is 6.87. The first-order valence-corrected chi connectivity index (χ1v) is 8.80. The first kappa shape index (κ1) is 18.5. The molecule has 0 aromatic heterocycles. The minimum absolute atomic E-state index is 0.280. The average molecular weight is 358 g/mol. The lowest BCUT2D eigenvalue weighted by atomic mass is 10.2. The smallest absolute Gasteiger partial charge is 0.340 e. The maximum atomic E-state index is 13.7. The van der Waals surface area contributed by atoms with Crippen LogP contribution in [0.1, 0.15) is 36.0 Å². The molecule has 1 saturated carbocycles. The number of carbonyl (C=O) groups is 2. The third kappa shape index (κ3) is 5.09. The minimum Gasteiger partial charge on any atom is -0.465 e. The van der Waals surface area contributed by atoms with Crippen molar-refractivity contribution in [1.82, 2.24) is 5.32 Å². The van der Waals surface area contributed by atoms with Crippen molar-refractivity contribution in [2.75, 3.05) is 24.7 Å². The topological polar surface area (TPSA) is 67.4 Å². The molecule has 2 amide bonds. The fourth-order valence-electron chi connectivity index (χ4n) is 2.52. The second-order valence-electron chi connectivity index (χ2n) is 5.46. The van der Waals surface area contributed by atoms with E-state index in [1.54, 1.807) is 0 Å². The van der Waals surface area contributed by atoms with Gasteiger partial charge in [0, 0.05) is 23.6 Å². The third-order valence-corrected chi connectivity index (χ3v) is 5.14. The first-order chi connectivity index (χ1) is 11.5. The number of methoxy groups -OCH3 is 1. The Morgan fingerprint density at radius 1 is 1.25 bits per heavy atom. The summed E-state index contributed by atoms with van der Waals surface area (Å²) in [5.41, 5.74) is -0.719. The van der Waals surface area contributed by atoms with E-state index < -0.39 is 29.2 Å². The summed E-state index contributed by atoms with van der Waals surface area (Å²) < 4.78 is 31.7. The van der Waals surface area contributed by atoms with Gasteiger partial charge in [-0.25, -0.2) is 18.4 Å². The number of halogens is 2. The van der Waals surface area contributed by atoms with Crippen LogP contribution in [-0.4, -0.2) is 36.7 Å². The van der Waals surface area contributed by atoms with Crippen LogP contribution in [0.5, 0.6) is 0 Å². The number of rotatable bonds is 6. The van der Waals surface area contributed by atoms with Crippen molar-refractivity contribution in [1.29, 1.82) is 0 Å². The van der Waals surface area contributed by atoms with Crippen molar-refractivity contribution in [2.45, 2.75) is 30.9 Å². The summed E-state index contributed by atoms with van der Waals surface area (Å²) in [5.74, 6) is -2.17. The Labute approximate surface area is 143 Å². The Bertz CT molecular complexity index is 607. The molecule has 0 saturated heterocycles. The van der Waals surface area contributed by atoms with Gasteiger partial charge in [0.05, 0.1) is 18.4 Å². The maximum Gasteiger partial charge on any atom is 0.340 e. The van der Waals surface area contributed by atoms with Crippen LogP contribution in [0.4, 0.5) is 19.3 Å². The van der Waals surface area contributed by atoms with Crippen molar-refractivity contribution in [2.24, 2.45) is 0 Å². The molecule has 0 heterocycles. The summed E-state index contributed by atoms with van der Waals surface area (Å²) >= 11 is 1.82. The summed E-state index contributed by atoms with van der Waals surface area (Å²) in [7, 11) is 1.09. The molecule has 1 aromatic carbocycles. The summed E-state index contributed by atoms with van der Waals surface area (Å²) in [5, 5.41) is 5.55. The van der Waals surface area contributed by atoms with E-state index >= 15 is 0 Å². The lowest BCUT2D eigenvalue weighted by molar-refractivity contribution is 0.0595. The molecular formula is C16H20F2N2O3S. The summed E-state index contributed by atoms with van der Waals surface area (Å²) in [4.78, 5) is 23.2. The van der Waals surface area contributed by atoms with Crippen LogP contribution in [0.2, 0.25) is 0 Å². The molecular weight excluding hydrogens is 338 g/mol. The van der Waals surface area contributed by atoms with Crippen LogP contribution in [0.15, 0.2) is 12.1 Å². The Morgan fingerprint density at radius 2 is 1.96 bits per heavy atom. The zero-order valence-electron chi connectivity index (χ0n) is 13.4. The Kier molecular flexibility index (Phi) is 6.84. The molecule has 2 rings (SSSR count). The number of ether oxygens (including phenoxy) is 1. The van der Waals surface area contributed by atoms with Gasteiger partial charge in [-0.05, 0) is 18.9 Å². The van der Waals surface area contributed by atoms with E-state index in [1.807, 2.05) is 11.8 Å². The monoisotopic (exact) mass is 358 g/mol. The Morgan fingerprint density at radius 3 is 2.62 bits per heavy atom. The van der Waals surface area contributed by atoms with Gasteiger partial charge in [0.15, 0.2) is 0 Å². The van der Waals surface area contributed by atoms with Crippen LogP contribution in [-0.2, 0) is 4.74 Å². The highest BCUT2D eigenvalue weighted by Gasteiger charge is 2.18. The number of esters is 1. The number of thioether (sulfide) groups is 1. The molecule has 1 aliphatic carbocycles. The van der Waals surface area contributed by atoms with Crippen LogP contribution < -0.4 is 10.6 Å². The van der Waals surface area contributed by atoms with Crippen LogP contribution in [0, 0.1) is 11.6 Å². The molecule has 0 atom stereocenters. The predicted octanol–water partition coefficient (Wildman–Crippen LogP) is 3.55. The molecule has 5 nitrogen and oxygen atoms in total. The summed E-state index contributed by atoms with van der Waals surface area (Å²) in [6.07, 6.45) is 4.96. The van der Waals surface area contributed by atoms with Crippen molar-refractivity contribution >= 4 is 29.4 Å². The van der Waals surface area contributed by atoms with Crippen LogP contribution >= 0.6 is 11.8 Å². The van der Waals surface area contributed by atoms with Gasteiger partial charge in [-0.2, -0.15) is 11.8 Å². The fourth-order valence-corrected chi connectivity index (χ4v) is 3.74. The van der Waals surface area contributed by atoms with E-state index in [4.69, 9.17) is 0 Å². The molecule has 0 spiro atoms. The van der Waals surface area contributed by atoms with Gasteiger partial charge in [-0.3, -0.25) is 0 Å². The average Bonchev–Trinajstić information content (AvgIpc) is 3.07.